The van der Waals surface area contributed by atoms with Crippen molar-refractivity contribution < 1.29 is 14.7 Å². The molecule has 1 heterocycles. The van der Waals surface area contributed by atoms with Crippen LogP contribution in [0.2, 0.25) is 0 Å². The lowest BCUT2D eigenvalue weighted by atomic mass is 9.92. The SMILES string of the molecule is CC1CC(C)CN(C(=O)N(CCC(=O)O)C(C)(C)C)C1. The molecular weight excluding hydrogens is 256 g/mol. The zero-order valence-corrected chi connectivity index (χ0v) is 13.3. The Bertz CT molecular complexity index is 353. The van der Waals surface area contributed by atoms with Crippen LogP contribution in [0.15, 0.2) is 0 Å². The quantitative estimate of drug-likeness (QED) is 0.866. The number of carboxylic acid groups (broad SMARTS) is 1. The van der Waals surface area contributed by atoms with Crippen LogP contribution in [0.5, 0.6) is 0 Å². The maximum Gasteiger partial charge on any atom is 0.320 e. The van der Waals surface area contributed by atoms with Gasteiger partial charge in [-0.2, -0.15) is 0 Å². The molecule has 0 aromatic rings. The van der Waals surface area contributed by atoms with Gasteiger partial charge in [-0.3, -0.25) is 4.79 Å². The largest absolute Gasteiger partial charge is 0.481 e. The van der Waals surface area contributed by atoms with Gasteiger partial charge in [0.2, 0.25) is 0 Å². The summed E-state index contributed by atoms with van der Waals surface area (Å²) in [5.74, 6) is 0.139. The first-order valence-electron chi connectivity index (χ1n) is 7.39. The summed E-state index contributed by atoms with van der Waals surface area (Å²) in [6, 6.07) is -0.0304. The second-order valence-electron chi connectivity index (χ2n) is 7.10. The molecule has 0 aromatic heterocycles. The Balaban J connectivity index is 2.79. The highest BCUT2D eigenvalue weighted by Crippen LogP contribution is 2.24. The maximum atomic E-state index is 12.7. The lowest BCUT2D eigenvalue weighted by molar-refractivity contribution is -0.137. The molecule has 0 aliphatic carbocycles. The molecule has 0 bridgehead atoms. The number of carbonyl (C=O) groups excluding carboxylic acids is 1. The summed E-state index contributed by atoms with van der Waals surface area (Å²) in [5.41, 5.74) is -0.365. The number of hydrogen-bond acceptors (Lipinski definition) is 2. The van der Waals surface area contributed by atoms with E-state index in [0.717, 1.165) is 19.5 Å². The summed E-state index contributed by atoms with van der Waals surface area (Å²) in [7, 11) is 0. The van der Waals surface area contributed by atoms with E-state index in [2.05, 4.69) is 13.8 Å². The van der Waals surface area contributed by atoms with Crippen LogP contribution in [0.25, 0.3) is 0 Å². The number of amides is 2. The molecule has 5 heteroatoms. The van der Waals surface area contributed by atoms with Gasteiger partial charge in [-0.25, -0.2) is 4.79 Å². The van der Waals surface area contributed by atoms with Gasteiger partial charge in [0.05, 0.1) is 6.42 Å². The predicted octanol–water partition coefficient (Wildman–Crippen LogP) is 2.66. The van der Waals surface area contributed by atoms with Crippen LogP contribution in [0.3, 0.4) is 0 Å². The van der Waals surface area contributed by atoms with E-state index in [9.17, 15) is 9.59 Å². The van der Waals surface area contributed by atoms with Crippen LogP contribution in [0.4, 0.5) is 4.79 Å². The first-order chi connectivity index (χ1) is 9.11. The average molecular weight is 284 g/mol. The summed E-state index contributed by atoms with van der Waals surface area (Å²) in [6.45, 7) is 12.0. The monoisotopic (exact) mass is 284 g/mol. The fraction of sp³-hybridized carbons (Fsp3) is 0.867. The average Bonchev–Trinajstić information content (AvgIpc) is 2.25. The van der Waals surface area contributed by atoms with E-state index in [1.807, 2.05) is 25.7 Å². The summed E-state index contributed by atoms with van der Waals surface area (Å²) >= 11 is 0. The van der Waals surface area contributed by atoms with Crippen molar-refractivity contribution in [3.63, 3.8) is 0 Å². The number of rotatable bonds is 3. The molecule has 1 N–H and O–H groups in total. The van der Waals surface area contributed by atoms with Gasteiger partial charge in [-0.15, -0.1) is 0 Å². The third-order valence-electron chi connectivity index (χ3n) is 3.73. The zero-order chi connectivity index (χ0) is 15.5. The fourth-order valence-electron chi connectivity index (χ4n) is 2.92. The number of carbonyl (C=O) groups is 2. The van der Waals surface area contributed by atoms with E-state index in [-0.39, 0.29) is 24.5 Å². The van der Waals surface area contributed by atoms with Crippen molar-refractivity contribution in [2.75, 3.05) is 19.6 Å². The van der Waals surface area contributed by atoms with Crippen molar-refractivity contribution in [1.82, 2.24) is 9.80 Å². The lowest BCUT2D eigenvalue weighted by Gasteiger charge is -2.42. The highest BCUT2D eigenvalue weighted by Gasteiger charge is 2.33. The van der Waals surface area contributed by atoms with Crippen LogP contribution in [0.1, 0.15) is 47.5 Å². The molecule has 20 heavy (non-hydrogen) atoms. The predicted molar refractivity (Wildman–Crippen MR) is 78.6 cm³/mol. The standard InChI is InChI=1S/C15H28N2O3/c1-11-8-12(2)10-16(9-11)14(20)17(15(3,4)5)7-6-13(18)19/h11-12H,6-10H2,1-5H3,(H,18,19). The number of carboxylic acids is 1. The van der Waals surface area contributed by atoms with Gasteiger partial charge < -0.3 is 14.9 Å². The molecule has 0 spiro atoms. The third kappa shape index (κ3) is 4.69. The minimum atomic E-state index is -0.868. The molecule has 2 atom stereocenters. The number of likely N-dealkylation sites (tertiary alicyclic amines) is 1. The number of hydrogen-bond donors (Lipinski definition) is 1. The number of piperidine rings is 1. The fourth-order valence-corrected chi connectivity index (χ4v) is 2.92. The van der Waals surface area contributed by atoms with Crippen molar-refractivity contribution in [1.29, 1.82) is 0 Å². The van der Waals surface area contributed by atoms with Crippen molar-refractivity contribution in [2.24, 2.45) is 11.8 Å². The van der Waals surface area contributed by atoms with E-state index in [1.54, 1.807) is 4.90 Å². The topological polar surface area (TPSA) is 60.9 Å². The maximum absolute atomic E-state index is 12.7. The molecule has 2 unspecified atom stereocenters. The number of aliphatic carboxylic acids is 1. The van der Waals surface area contributed by atoms with Gasteiger partial charge in [0.25, 0.3) is 0 Å². The van der Waals surface area contributed by atoms with E-state index in [4.69, 9.17) is 5.11 Å². The van der Waals surface area contributed by atoms with Gasteiger partial charge in [0.1, 0.15) is 0 Å². The smallest absolute Gasteiger partial charge is 0.320 e. The highest BCUT2D eigenvalue weighted by molar-refractivity contribution is 5.76. The summed E-state index contributed by atoms with van der Waals surface area (Å²) in [6.07, 6.45) is 1.14. The van der Waals surface area contributed by atoms with E-state index in [0.29, 0.717) is 11.8 Å². The molecule has 0 saturated carbocycles. The normalized spacial score (nSPS) is 23.6. The summed E-state index contributed by atoms with van der Waals surface area (Å²) in [4.78, 5) is 27.1. The van der Waals surface area contributed by atoms with Gasteiger partial charge in [-0.1, -0.05) is 13.8 Å². The van der Waals surface area contributed by atoms with Crippen molar-refractivity contribution in [3.8, 4) is 0 Å². The molecule has 116 valence electrons. The molecule has 0 radical (unpaired) electrons. The molecule has 1 rings (SSSR count). The first-order valence-corrected chi connectivity index (χ1v) is 7.39. The zero-order valence-electron chi connectivity index (χ0n) is 13.3. The third-order valence-corrected chi connectivity index (χ3v) is 3.73. The minimum absolute atomic E-state index is 0.0119. The van der Waals surface area contributed by atoms with Crippen molar-refractivity contribution in [2.45, 2.75) is 53.0 Å². The summed E-state index contributed by atoms with van der Waals surface area (Å²) < 4.78 is 0. The van der Waals surface area contributed by atoms with Crippen LogP contribution >= 0.6 is 0 Å². The molecule has 1 fully saturated rings. The van der Waals surface area contributed by atoms with Gasteiger partial charge >= 0.3 is 12.0 Å². The van der Waals surface area contributed by atoms with Gasteiger partial charge in [0, 0.05) is 25.2 Å². The van der Waals surface area contributed by atoms with E-state index < -0.39 is 5.97 Å². The highest BCUT2D eigenvalue weighted by atomic mass is 16.4. The Labute approximate surface area is 121 Å². The summed E-state index contributed by atoms with van der Waals surface area (Å²) in [5, 5.41) is 8.85. The molecule has 0 aromatic carbocycles. The van der Waals surface area contributed by atoms with Gasteiger partial charge in [-0.05, 0) is 39.0 Å². The molecular formula is C15H28N2O3. The molecule has 1 saturated heterocycles. The lowest BCUT2D eigenvalue weighted by Crippen LogP contribution is -2.55. The second kappa shape index (κ2) is 6.46. The Morgan fingerprint density at radius 1 is 1.20 bits per heavy atom. The van der Waals surface area contributed by atoms with E-state index in [1.165, 1.54) is 0 Å². The second-order valence-corrected chi connectivity index (χ2v) is 7.10. The van der Waals surface area contributed by atoms with Crippen molar-refractivity contribution >= 4 is 12.0 Å². The van der Waals surface area contributed by atoms with Crippen molar-refractivity contribution in [3.05, 3.63) is 0 Å². The molecule has 1 aliphatic rings. The number of urea groups is 1. The van der Waals surface area contributed by atoms with Gasteiger partial charge in [0.15, 0.2) is 0 Å². The number of nitrogens with zero attached hydrogens (tertiary/aromatic N) is 2. The first kappa shape index (κ1) is 16.8. The molecule has 1 aliphatic heterocycles. The van der Waals surface area contributed by atoms with Crippen LogP contribution in [0, 0.1) is 11.8 Å². The van der Waals surface area contributed by atoms with Crippen LogP contribution in [-0.2, 0) is 4.79 Å². The van der Waals surface area contributed by atoms with E-state index >= 15 is 0 Å². The Morgan fingerprint density at radius 3 is 2.10 bits per heavy atom. The molecule has 5 nitrogen and oxygen atoms in total. The minimum Gasteiger partial charge on any atom is -0.481 e. The Morgan fingerprint density at radius 2 is 1.70 bits per heavy atom. The molecule has 2 amide bonds. The Kier molecular flexibility index (Phi) is 5.42. The van der Waals surface area contributed by atoms with Crippen LogP contribution in [-0.4, -0.2) is 52.1 Å². The van der Waals surface area contributed by atoms with Crippen LogP contribution < -0.4 is 0 Å². The Hall–Kier alpha value is -1.26.